The van der Waals surface area contributed by atoms with Gasteiger partial charge in [0.1, 0.15) is 12.4 Å². The normalized spacial score (nSPS) is 18.9. The van der Waals surface area contributed by atoms with E-state index in [1.165, 1.54) is 19.6 Å². The molecule has 0 saturated carbocycles. The van der Waals surface area contributed by atoms with E-state index in [9.17, 15) is 10.1 Å². The van der Waals surface area contributed by atoms with Crippen molar-refractivity contribution in [3.8, 4) is 11.5 Å². The third-order valence-electron chi connectivity index (χ3n) is 3.94. The first-order chi connectivity index (χ1) is 10.6. The summed E-state index contributed by atoms with van der Waals surface area (Å²) in [4.78, 5) is 13.0. The molecule has 0 aromatic heterocycles. The van der Waals surface area contributed by atoms with Crippen LogP contribution in [0, 0.1) is 10.1 Å². The summed E-state index contributed by atoms with van der Waals surface area (Å²) in [5.74, 6) is 0.736. The van der Waals surface area contributed by atoms with Gasteiger partial charge in [0, 0.05) is 19.1 Å². The summed E-state index contributed by atoms with van der Waals surface area (Å²) in [6.45, 7) is 3.24. The highest BCUT2D eigenvalue weighted by atomic mass is 16.6. The molecule has 122 valence electrons. The van der Waals surface area contributed by atoms with Gasteiger partial charge in [-0.3, -0.25) is 15.0 Å². The highest BCUT2D eigenvalue weighted by Crippen LogP contribution is 2.30. The number of nitro groups is 1. The largest absolute Gasteiger partial charge is 0.496 e. The van der Waals surface area contributed by atoms with Gasteiger partial charge in [-0.25, -0.2) is 0 Å². The molecule has 1 unspecified atom stereocenters. The fourth-order valence-electron chi connectivity index (χ4n) is 2.67. The number of hydrogen-bond acceptors (Lipinski definition) is 6. The number of likely N-dealkylation sites (tertiary alicyclic amines) is 1. The number of nitro benzene ring substituents is 1. The summed E-state index contributed by atoms with van der Waals surface area (Å²) in [5, 5.41) is 14.4. The van der Waals surface area contributed by atoms with Crippen molar-refractivity contribution in [2.45, 2.75) is 18.9 Å². The van der Waals surface area contributed by atoms with E-state index in [4.69, 9.17) is 9.47 Å². The van der Waals surface area contributed by atoms with Crippen LogP contribution in [-0.2, 0) is 0 Å². The SMILES string of the molecule is CNC1CCCN(CCOc2ccc(OC)cc2[N+](=O)[O-])C1. The molecule has 1 heterocycles. The van der Waals surface area contributed by atoms with E-state index >= 15 is 0 Å². The van der Waals surface area contributed by atoms with Crippen molar-refractivity contribution in [3.05, 3.63) is 28.3 Å². The van der Waals surface area contributed by atoms with Crippen LogP contribution in [-0.4, -0.2) is 56.3 Å². The number of ether oxygens (including phenoxy) is 2. The number of benzene rings is 1. The Balaban J connectivity index is 1.90. The zero-order valence-electron chi connectivity index (χ0n) is 13.1. The van der Waals surface area contributed by atoms with Crippen LogP contribution < -0.4 is 14.8 Å². The fourth-order valence-corrected chi connectivity index (χ4v) is 2.67. The van der Waals surface area contributed by atoms with Crippen LogP contribution in [0.25, 0.3) is 0 Å². The maximum Gasteiger partial charge on any atom is 0.314 e. The minimum atomic E-state index is -0.449. The van der Waals surface area contributed by atoms with Gasteiger partial charge in [0.05, 0.1) is 18.1 Å². The minimum absolute atomic E-state index is 0.0638. The summed E-state index contributed by atoms with van der Waals surface area (Å²) in [7, 11) is 3.46. The molecule has 0 bridgehead atoms. The Morgan fingerprint density at radius 3 is 3.00 bits per heavy atom. The predicted molar refractivity (Wildman–Crippen MR) is 83.7 cm³/mol. The number of methoxy groups -OCH3 is 1. The van der Waals surface area contributed by atoms with Crippen molar-refractivity contribution in [1.29, 1.82) is 0 Å². The second kappa shape index (κ2) is 7.95. The van der Waals surface area contributed by atoms with E-state index < -0.39 is 4.92 Å². The molecule has 1 aliphatic heterocycles. The molecule has 1 aromatic carbocycles. The molecule has 7 heteroatoms. The molecule has 0 amide bonds. The summed E-state index contributed by atoms with van der Waals surface area (Å²) < 4.78 is 10.6. The molecule has 1 fully saturated rings. The van der Waals surface area contributed by atoms with Crippen molar-refractivity contribution in [1.82, 2.24) is 10.2 Å². The third kappa shape index (κ3) is 4.32. The zero-order valence-corrected chi connectivity index (χ0v) is 13.1. The van der Waals surface area contributed by atoms with Crippen LogP contribution in [0.4, 0.5) is 5.69 Å². The first-order valence-corrected chi connectivity index (χ1v) is 7.49. The van der Waals surface area contributed by atoms with Crippen molar-refractivity contribution in [2.24, 2.45) is 0 Å². The van der Waals surface area contributed by atoms with Crippen molar-refractivity contribution >= 4 is 5.69 Å². The van der Waals surface area contributed by atoms with E-state index in [1.807, 2.05) is 7.05 Å². The van der Waals surface area contributed by atoms with E-state index in [1.54, 1.807) is 12.1 Å². The second-order valence-corrected chi connectivity index (χ2v) is 5.37. The predicted octanol–water partition coefficient (Wildman–Crippen LogP) is 1.67. The van der Waals surface area contributed by atoms with Gasteiger partial charge in [-0.05, 0) is 38.6 Å². The molecule has 2 rings (SSSR count). The Morgan fingerprint density at radius 2 is 2.32 bits per heavy atom. The van der Waals surface area contributed by atoms with Gasteiger partial charge >= 0.3 is 5.69 Å². The van der Waals surface area contributed by atoms with E-state index in [2.05, 4.69) is 10.2 Å². The lowest BCUT2D eigenvalue weighted by atomic mass is 10.1. The smallest absolute Gasteiger partial charge is 0.314 e. The lowest BCUT2D eigenvalue weighted by Gasteiger charge is -2.32. The van der Waals surface area contributed by atoms with Crippen LogP contribution in [0.3, 0.4) is 0 Å². The Labute approximate surface area is 130 Å². The molecule has 22 heavy (non-hydrogen) atoms. The molecular weight excluding hydrogens is 286 g/mol. The van der Waals surface area contributed by atoms with Gasteiger partial charge in [0.2, 0.25) is 0 Å². The summed E-state index contributed by atoms with van der Waals surface area (Å²) in [6.07, 6.45) is 2.35. The Hall–Kier alpha value is -1.86. The number of rotatable bonds is 7. The molecule has 1 aliphatic rings. The van der Waals surface area contributed by atoms with Crippen LogP contribution in [0.15, 0.2) is 18.2 Å². The van der Waals surface area contributed by atoms with Gasteiger partial charge in [-0.2, -0.15) is 0 Å². The molecule has 0 radical (unpaired) electrons. The number of hydrogen-bond donors (Lipinski definition) is 1. The lowest BCUT2D eigenvalue weighted by Crippen LogP contribution is -2.45. The zero-order chi connectivity index (χ0) is 15.9. The maximum atomic E-state index is 11.1. The van der Waals surface area contributed by atoms with Crippen LogP contribution in [0.2, 0.25) is 0 Å². The standard InChI is InChI=1S/C15H23N3O4/c1-16-12-4-3-7-17(11-12)8-9-22-15-6-5-13(21-2)10-14(15)18(19)20/h5-6,10,12,16H,3-4,7-9,11H2,1-2H3. The molecule has 0 spiro atoms. The van der Waals surface area contributed by atoms with Crippen LogP contribution >= 0.6 is 0 Å². The third-order valence-corrected chi connectivity index (χ3v) is 3.94. The van der Waals surface area contributed by atoms with E-state index in [0.29, 0.717) is 18.4 Å². The second-order valence-electron chi connectivity index (χ2n) is 5.37. The Kier molecular flexibility index (Phi) is 5.97. The number of likely N-dealkylation sites (N-methyl/N-ethyl adjacent to an activating group) is 1. The maximum absolute atomic E-state index is 11.1. The first kappa shape index (κ1) is 16.5. The quantitative estimate of drug-likeness (QED) is 0.610. The molecule has 1 N–H and O–H groups in total. The van der Waals surface area contributed by atoms with Crippen LogP contribution in [0.5, 0.6) is 11.5 Å². The summed E-state index contributed by atoms with van der Waals surface area (Å²) in [6, 6.07) is 5.15. The Morgan fingerprint density at radius 1 is 1.50 bits per heavy atom. The van der Waals surface area contributed by atoms with E-state index in [0.717, 1.165) is 26.1 Å². The highest BCUT2D eigenvalue weighted by molar-refractivity contribution is 5.50. The van der Waals surface area contributed by atoms with Gasteiger partial charge in [0.15, 0.2) is 5.75 Å². The average molecular weight is 309 g/mol. The monoisotopic (exact) mass is 309 g/mol. The lowest BCUT2D eigenvalue weighted by molar-refractivity contribution is -0.385. The molecule has 1 aromatic rings. The molecule has 1 saturated heterocycles. The molecule has 0 aliphatic carbocycles. The number of nitrogens with zero attached hydrogens (tertiary/aromatic N) is 2. The number of nitrogens with one attached hydrogen (secondary N) is 1. The highest BCUT2D eigenvalue weighted by Gasteiger charge is 2.19. The van der Waals surface area contributed by atoms with Gasteiger partial charge in [-0.15, -0.1) is 0 Å². The van der Waals surface area contributed by atoms with Gasteiger partial charge < -0.3 is 14.8 Å². The van der Waals surface area contributed by atoms with Crippen LogP contribution in [0.1, 0.15) is 12.8 Å². The topological polar surface area (TPSA) is 76.9 Å². The number of piperidine rings is 1. The fraction of sp³-hybridized carbons (Fsp3) is 0.600. The summed E-state index contributed by atoms with van der Waals surface area (Å²) >= 11 is 0. The Bertz CT molecular complexity index is 510. The average Bonchev–Trinajstić information content (AvgIpc) is 2.55. The minimum Gasteiger partial charge on any atom is -0.496 e. The summed E-state index contributed by atoms with van der Waals surface area (Å²) in [5.41, 5.74) is -0.0638. The van der Waals surface area contributed by atoms with Gasteiger partial charge in [0.25, 0.3) is 0 Å². The molecule has 1 atom stereocenters. The molecular formula is C15H23N3O4. The van der Waals surface area contributed by atoms with Crippen molar-refractivity contribution in [2.75, 3.05) is 40.4 Å². The van der Waals surface area contributed by atoms with Crippen molar-refractivity contribution in [3.63, 3.8) is 0 Å². The first-order valence-electron chi connectivity index (χ1n) is 7.49. The molecule has 7 nitrogen and oxygen atoms in total. The van der Waals surface area contributed by atoms with Crippen molar-refractivity contribution < 1.29 is 14.4 Å². The van der Waals surface area contributed by atoms with Gasteiger partial charge in [-0.1, -0.05) is 0 Å². The van der Waals surface area contributed by atoms with E-state index in [-0.39, 0.29) is 11.4 Å².